The summed E-state index contributed by atoms with van der Waals surface area (Å²) in [6.45, 7) is 0.605. The molecule has 1 heterocycles. The van der Waals surface area contributed by atoms with Gasteiger partial charge in [-0.2, -0.15) is 13.2 Å². The maximum Gasteiger partial charge on any atom is 0.471 e. The minimum absolute atomic E-state index is 0.0157. The fraction of sp³-hybridized carbons (Fsp3) is 0.250. The summed E-state index contributed by atoms with van der Waals surface area (Å²) in [6, 6.07) is 10.5. The van der Waals surface area contributed by atoms with Gasteiger partial charge in [-0.3, -0.25) is 4.79 Å². The van der Waals surface area contributed by atoms with Crippen LogP contribution in [0.4, 0.5) is 24.7 Å². The van der Waals surface area contributed by atoms with Gasteiger partial charge < -0.3 is 15.4 Å². The maximum atomic E-state index is 12.1. The SMILES string of the molecule is COc1ccc(CCNc2ccc(NC(=O)C(F)(F)F)cn2)cc1. The van der Waals surface area contributed by atoms with Crippen molar-refractivity contribution in [2.75, 3.05) is 24.3 Å². The second-order valence-corrected chi connectivity index (χ2v) is 4.91. The average Bonchev–Trinajstić information content (AvgIpc) is 2.56. The Labute approximate surface area is 136 Å². The third-order valence-corrected chi connectivity index (χ3v) is 3.16. The molecule has 0 fully saturated rings. The molecule has 0 saturated heterocycles. The van der Waals surface area contributed by atoms with Crippen LogP contribution in [0.5, 0.6) is 5.75 Å². The Morgan fingerprint density at radius 1 is 1.17 bits per heavy atom. The van der Waals surface area contributed by atoms with Gasteiger partial charge in [-0.25, -0.2) is 4.98 Å². The molecule has 1 aromatic carbocycles. The predicted molar refractivity (Wildman–Crippen MR) is 84.1 cm³/mol. The van der Waals surface area contributed by atoms with Gasteiger partial charge >= 0.3 is 12.1 Å². The van der Waals surface area contributed by atoms with Crippen molar-refractivity contribution in [3.63, 3.8) is 0 Å². The first-order valence-corrected chi connectivity index (χ1v) is 7.09. The number of benzene rings is 1. The Morgan fingerprint density at radius 3 is 2.42 bits per heavy atom. The number of halogens is 3. The molecule has 5 nitrogen and oxygen atoms in total. The summed E-state index contributed by atoms with van der Waals surface area (Å²) in [5.74, 6) is -0.733. The molecular formula is C16H16F3N3O2. The number of hydrogen-bond donors (Lipinski definition) is 2. The summed E-state index contributed by atoms with van der Waals surface area (Å²) in [7, 11) is 1.60. The number of carbonyl (C=O) groups is 1. The van der Waals surface area contributed by atoms with Crippen LogP contribution < -0.4 is 15.4 Å². The van der Waals surface area contributed by atoms with Crippen LogP contribution in [-0.4, -0.2) is 30.7 Å². The Bertz CT molecular complexity index is 670. The van der Waals surface area contributed by atoms with E-state index >= 15 is 0 Å². The van der Waals surface area contributed by atoms with Gasteiger partial charge in [-0.05, 0) is 36.2 Å². The molecule has 0 spiro atoms. The topological polar surface area (TPSA) is 63.2 Å². The number of hydrogen-bond acceptors (Lipinski definition) is 4. The molecule has 0 aliphatic carbocycles. The smallest absolute Gasteiger partial charge is 0.471 e. The predicted octanol–water partition coefficient (Wildman–Crippen LogP) is 3.25. The molecule has 2 rings (SSSR count). The van der Waals surface area contributed by atoms with E-state index in [2.05, 4.69) is 10.3 Å². The van der Waals surface area contributed by atoms with Crippen molar-refractivity contribution in [1.82, 2.24) is 4.98 Å². The second-order valence-electron chi connectivity index (χ2n) is 4.91. The van der Waals surface area contributed by atoms with Gasteiger partial charge in [0, 0.05) is 6.54 Å². The summed E-state index contributed by atoms with van der Waals surface area (Å²) >= 11 is 0. The van der Waals surface area contributed by atoms with Crippen LogP contribution in [0, 0.1) is 0 Å². The Balaban J connectivity index is 1.82. The highest BCUT2D eigenvalue weighted by Gasteiger charge is 2.38. The normalized spacial score (nSPS) is 11.0. The van der Waals surface area contributed by atoms with E-state index in [1.807, 2.05) is 24.3 Å². The molecule has 2 N–H and O–H groups in total. The van der Waals surface area contributed by atoms with Crippen LogP contribution in [0.25, 0.3) is 0 Å². The van der Waals surface area contributed by atoms with Crippen molar-refractivity contribution in [1.29, 1.82) is 0 Å². The van der Waals surface area contributed by atoms with Crippen molar-refractivity contribution in [2.24, 2.45) is 0 Å². The maximum absolute atomic E-state index is 12.1. The molecular weight excluding hydrogens is 323 g/mol. The van der Waals surface area contributed by atoms with Gasteiger partial charge in [0.05, 0.1) is 19.0 Å². The first-order valence-electron chi connectivity index (χ1n) is 7.09. The number of anilines is 2. The highest BCUT2D eigenvalue weighted by Crippen LogP contribution is 2.18. The monoisotopic (exact) mass is 339 g/mol. The molecule has 128 valence electrons. The summed E-state index contributed by atoms with van der Waals surface area (Å²) < 4.78 is 41.5. The number of methoxy groups -OCH3 is 1. The number of rotatable bonds is 6. The van der Waals surface area contributed by atoms with E-state index in [1.165, 1.54) is 18.3 Å². The van der Waals surface area contributed by atoms with Crippen molar-refractivity contribution in [2.45, 2.75) is 12.6 Å². The van der Waals surface area contributed by atoms with Crippen LogP contribution >= 0.6 is 0 Å². The van der Waals surface area contributed by atoms with Gasteiger partial charge in [0.2, 0.25) is 0 Å². The summed E-state index contributed by atoms with van der Waals surface area (Å²) in [5.41, 5.74) is 1.09. The van der Waals surface area contributed by atoms with Crippen LogP contribution in [0.3, 0.4) is 0 Å². The number of amides is 1. The van der Waals surface area contributed by atoms with E-state index in [9.17, 15) is 18.0 Å². The van der Waals surface area contributed by atoms with Crippen molar-refractivity contribution < 1.29 is 22.7 Å². The van der Waals surface area contributed by atoms with Crippen LogP contribution in [0.15, 0.2) is 42.6 Å². The Morgan fingerprint density at radius 2 is 1.88 bits per heavy atom. The van der Waals surface area contributed by atoms with E-state index in [4.69, 9.17) is 4.74 Å². The Kier molecular flexibility index (Phi) is 5.62. The molecule has 0 atom stereocenters. The van der Waals surface area contributed by atoms with Crippen molar-refractivity contribution >= 4 is 17.4 Å². The summed E-state index contributed by atoms with van der Waals surface area (Å²) in [6.07, 6.45) is -3.01. The number of alkyl halides is 3. The van der Waals surface area contributed by atoms with Gasteiger partial charge in [0.1, 0.15) is 11.6 Å². The van der Waals surface area contributed by atoms with Crippen LogP contribution in [0.2, 0.25) is 0 Å². The molecule has 1 amide bonds. The van der Waals surface area contributed by atoms with Gasteiger partial charge in [-0.15, -0.1) is 0 Å². The minimum Gasteiger partial charge on any atom is -0.497 e. The third-order valence-electron chi connectivity index (χ3n) is 3.16. The molecule has 0 aliphatic rings. The summed E-state index contributed by atoms with van der Waals surface area (Å²) in [4.78, 5) is 14.8. The summed E-state index contributed by atoms with van der Waals surface area (Å²) in [5, 5.41) is 4.79. The van der Waals surface area contributed by atoms with E-state index in [1.54, 1.807) is 12.4 Å². The van der Waals surface area contributed by atoms with E-state index < -0.39 is 12.1 Å². The zero-order valence-electron chi connectivity index (χ0n) is 12.9. The first kappa shape index (κ1) is 17.6. The highest BCUT2D eigenvalue weighted by atomic mass is 19.4. The first-order chi connectivity index (χ1) is 11.4. The van der Waals surface area contributed by atoms with E-state index in [0.717, 1.165) is 17.7 Å². The van der Waals surface area contributed by atoms with Crippen LogP contribution in [0.1, 0.15) is 5.56 Å². The van der Waals surface area contributed by atoms with Gasteiger partial charge in [0.15, 0.2) is 0 Å². The van der Waals surface area contributed by atoms with Crippen LogP contribution in [-0.2, 0) is 11.2 Å². The molecule has 0 unspecified atom stereocenters. The van der Waals surface area contributed by atoms with Crippen molar-refractivity contribution in [3.8, 4) is 5.75 Å². The number of ether oxygens (including phenoxy) is 1. The number of aromatic nitrogens is 1. The van der Waals surface area contributed by atoms with E-state index in [0.29, 0.717) is 12.4 Å². The fourth-order valence-corrected chi connectivity index (χ4v) is 1.90. The molecule has 0 radical (unpaired) electrons. The lowest BCUT2D eigenvalue weighted by Gasteiger charge is -2.09. The van der Waals surface area contributed by atoms with Crippen molar-refractivity contribution in [3.05, 3.63) is 48.2 Å². The van der Waals surface area contributed by atoms with Gasteiger partial charge in [0.25, 0.3) is 0 Å². The number of nitrogens with zero attached hydrogens (tertiary/aromatic N) is 1. The number of pyridine rings is 1. The zero-order valence-corrected chi connectivity index (χ0v) is 12.9. The molecule has 24 heavy (non-hydrogen) atoms. The third kappa shape index (κ3) is 5.15. The molecule has 0 aliphatic heterocycles. The number of nitrogens with one attached hydrogen (secondary N) is 2. The standard InChI is InChI=1S/C16H16F3N3O2/c1-24-13-5-2-11(3-6-13)8-9-20-14-7-4-12(10-21-14)22-15(23)16(17,18)19/h2-7,10H,8-9H2,1H3,(H,20,21)(H,22,23). The minimum atomic E-state index is -4.92. The molecule has 8 heteroatoms. The molecule has 1 aromatic heterocycles. The lowest BCUT2D eigenvalue weighted by atomic mass is 10.1. The largest absolute Gasteiger partial charge is 0.497 e. The zero-order chi connectivity index (χ0) is 17.6. The Hall–Kier alpha value is -2.77. The highest BCUT2D eigenvalue weighted by molar-refractivity contribution is 5.94. The molecule has 2 aromatic rings. The lowest BCUT2D eigenvalue weighted by molar-refractivity contribution is -0.167. The number of carbonyl (C=O) groups excluding carboxylic acids is 1. The average molecular weight is 339 g/mol. The molecule has 0 saturated carbocycles. The molecule has 0 bridgehead atoms. The lowest BCUT2D eigenvalue weighted by Crippen LogP contribution is -2.29. The second kappa shape index (κ2) is 7.67. The van der Waals surface area contributed by atoms with E-state index in [-0.39, 0.29) is 5.69 Å². The van der Waals surface area contributed by atoms with Gasteiger partial charge in [-0.1, -0.05) is 12.1 Å². The fourth-order valence-electron chi connectivity index (χ4n) is 1.90. The quantitative estimate of drug-likeness (QED) is 0.848.